The molecule has 2 aliphatic heterocycles. The number of amides is 4. The molecule has 0 bridgehead atoms. The van der Waals surface area contributed by atoms with Gasteiger partial charge in [0.05, 0.1) is 31.2 Å². The number of benzene rings is 2. The highest BCUT2D eigenvalue weighted by Crippen LogP contribution is 2.44. The zero-order valence-electron chi connectivity index (χ0n) is 31.0. The second-order valence-corrected chi connectivity index (χ2v) is 15.4. The monoisotopic (exact) mass is 830 g/mol. The number of nitrogens with zero attached hydrogens (tertiary/aromatic N) is 7. The number of β-lactam (4-membered cyclic amide) rings is 1. The number of H-pyrrole nitrogens is 1. The van der Waals surface area contributed by atoms with Gasteiger partial charge in [0.15, 0.2) is 0 Å². The van der Waals surface area contributed by atoms with Crippen LogP contribution in [0, 0.1) is 0 Å². The van der Waals surface area contributed by atoms with E-state index in [1.165, 1.54) is 41.3 Å². The first kappa shape index (κ1) is 41.5. The average Bonchev–Trinajstić information content (AvgIpc) is 3.66. The van der Waals surface area contributed by atoms with Crippen molar-refractivity contribution >= 4 is 64.8 Å². The smallest absolute Gasteiger partial charge is 0.352 e. The van der Waals surface area contributed by atoms with Crippen molar-refractivity contribution in [3.8, 4) is 11.3 Å². The Morgan fingerprint density at radius 2 is 1.71 bits per heavy atom. The molecule has 19 nitrogen and oxygen atoms in total. The number of carboxylic acids is 2. The van der Waals surface area contributed by atoms with Crippen LogP contribution in [0.3, 0.4) is 0 Å². The van der Waals surface area contributed by atoms with E-state index in [-0.39, 0.29) is 47.4 Å². The third kappa shape index (κ3) is 8.56. The first-order chi connectivity index (χ1) is 27.7. The number of nitrogens with two attached hydrogens (primary N) is 2. The van der Waals surface area contributed by atoms with Crippen LogP contribution in [0.4, 0.5) is 5.69 Å². The molecule has 302 valence electrons. The number of nitrogens with one attached hydrogen (secondary N) is 1. The summed E-state index contributed by atoms with van der Waals surface area (Å²) in [4.78, 5) is 96.5. The van der Waals surface area contributed by atoms with Crippen LogP contribution in [-0.2, 0) is 41.9 Å². The molecule has 7 N–H and O–H groups in total. The van der Waals surface area contributed by atoms with E-state index < -0.39 is 64.6 Å². The highest BCUT2D eigenvalue weighted by Gasteiger charge is 2.57. The molecule has 2 aromatic carbocycles. The molecule has 4 aromatic rings. The molecule has 0 spiro atoms. The first-order valence-electron chi connectivity index (χ1n) is 17.7. The fourth-order valence-corrected chi connectivity index (χ4v) is 8.91. The second-order valence-electron chi connectivity index (χ2n) is 13.3. The minimum atomic E-state index is -1.35. The maximum absolute atomic E-state index is 14.2. The van der Waals surface area contributed by atoms with Gasteiger partial charge in [-0.05, 0) is 58.3 Å². The molecule has 0 saturated carbocycles. The van der Waals surface area contributed by atoms with Crippen LogP contribution in [-0.4, -0.2) is 110 Å². The number of imide groups is 1. The van der Waals surface area contributed by atoms with E-state index in [0.29, 0.717) is 28.1 Å². The van der Waals surface area contributed by atoms with E-state index in [0.717, 1.165) is 21.6 Å². The van der Waals surface area contributed by atoms with Crippen molar-refractivity contribution in [1.82, 2.24) is 35.0 Å². The number of aliphatic carboxylic acids is 2. The Labute approximate surface area is 338 Å². The van der Waals surface area contributed by atoms with Gasteiger partial charge in [0, 0.05) is 29.7 Å². The average molecular weight is 831 g/mol. The summed E-state index contributed by atoms with van der Waals surface area (Å²) in [5.74, 6) is -4.57. The lowest BCUT2D eigenvalue weighted by molar-refractivity contribution is -0.161. The van der Waals surface area contributed by atoms with Crippen molar-refractivity contribution in [2.75, 3.05) is 16.4 Å². The molecule has 58 heavy (non-hydrogen) atoms. The van der Waals surface area contributed by atoms with Crippen LogP contribution in [0.2, 0.25) is 0 Å². The number of carbonyl (C=O) groups is 6. The summed E-state index contributed by atoms with van der Waals surface area (Å²) >= 11 is 2.34. The number of anilines is 1. The van der Waals surface area contributed by atoms with Crippen LogP contribution in [0.15, 0.2) is 88.0 Å². The summed E-state index contributed by atoms with van der Waals surface area (Å²) in [6.45, 7) is 2.39. The number of tetrazole rings is 1. The number of pyridine rings is 1. The van der Waals surface area contributed by atoms with E-state index in [4.69, 9.17) is 16.6 Å². The highest BCUT2D eigenvalue weighted by atomic mass is 32.2. The fourth-order valence-electron chi connectivity index (χ4n) is 6.45. The Bertz CT molecular complexity index is 2350. The zero-order valence-corrected chi connectivity index (χ0v) is 32.7. The maximum Gasteiger partial charge on any atom is 0.352 e. The standard InChI is InChI=1S/C37H38N10O9S2/c1-19(38)32(52)46(20(2)48)25-11-8-21(9-12-25)26-13-10-23(31(51)40-26)16-44(33(53)28(39)22-6-4-3-5-7-22)30-34(54)47-29(36(55)56)24(17-57-35(30)47)18-58-37-41-42-43-45(37)15-14-27(49)50/h3-13,19,28,30,35H,14-18,38-39H2,1-2H3,(H,40,51)(H,49,50)(H,55,56)/t19-,28?,30?,35+/m1/s1. The van der Waals surface area contributed by atoms with E-state index >= 15 is 0 Å². The quantitative estimate of drug-likeness (QED) is 0.0831. The van der Waals surface area contributed by atoms with Crippen LogP contribution in [0.1, 0.15) is 37.4 Å². The Morgan fingerprint density at radius 1 is 1.00 bits per heavy atom. The lowest BCUT2D eigenvalue weighted by Crippen LogP contribution is -2.71. The third-order valence-corrected chi connectivity index (χ3v) is 11.7. The molecule has 0 radical (unpaired) electrons. The number of fused-ring (bicyclic) bond motifs is 1. The molecule has 1 fully saturated rings. The molecule has 1 saturated heterocycles. The van der Waals surface area contributed by atoms with Gasteiger partial charge >= 0.3 is 11.9 Å². The summed E-state index contributed by atoms with van der Waals surface area (Å²) in [6.07, 6.45) is -0.225. The summed E-state index contributed by atoms with van der Waals surface area (Å²) in [6, 6.07) is 14.6. The Balaban J connectivity index is 1.26. The van der Waals surface area contributed by atoms with Gasteiger partial charge in [-0.1, -0.05) is 54.2 Å². The molecule has 0 aliphatic carbocycles. The number of hydrogen-bond donors (Lipinski definition) is 5. The largest absolute Gasteiger partial charge is 0.481 e. The summed E-state index contributed by atoms with van der Waals surface area (Å²) in [7, 11) is 0. The maximum atomic E-state index is 14.2. The summed E-state index contributed by atoms with van der Waals surface area (Å²) < 4.78 is 1.30. The minimum absolute atomic E-state index is 0.00553. The molecule has 2 unspecified atom stereocenters. The predicted octanol–water partition coefficient (Wildman–Crippen LogP) is 1.17. The molecular formula is C37H38N10O9S2. The zero-order chi connectivity index (χ0) is 41.8. The van der Waals surface area contributed by atoms with Gasteiger partial charge in [0.2, 0.25) is 22.9 Å². The van der Waals surface area contributed by atoms with E-state index in [2.05, 4.69) is 20.5 Å². The number of hydrogen-bond acceptors (Lipinski definition) is 14. The molecule has 4 heterocycles. The first-order valence-corrected chi connectivity index (χ1v) is 19.8. The van der Waals surface area contributed by atoms with Crippen molar-refractivity contribution in [1.29, 1.82) is 0 Å². The van der Waals surface area contributed by atoms with E-state index in [1.807, 2.05) is 0 Å². The van der Waals surface area contributed by atoms with Crippen molar-refractivity contribution in [3.05, 3.63) is 99.5 Å². The third-order valence-electron chi connectivity index (χ3n) is 9.37. The van der Waals surface area contributed by atoms with Gasteiger partial charge in [-0.15, -0.1) is 16.9 Å². The molecule has 6 rings (SSSR count). The van der Waals surface area contributed by atoms with Crippen LogP contribution >= 0.6 is 23.5 Å². The molecule has 4 amide bonds. The Hall–Kier alpha value is -6.16. The van der Waals surface area contributed by atoms with Crippen molar-refractivity contribution in [2.45, 2.75) is 62.0 Å². The van der Waals surface area contributed by atoms with Crippen molar-refractivity contribution in [3.63, 3.8) is 0 Å². The van der Waals surface area contributed by atoms with Gasteiger partial charge in [-0.3, -0.25) is 33.7 Å². The number of carboxylic acid groups (broad SMARTS) is 2. The fraction of sp³-hybridized carbons (Fsp3) is 0.297. The minimum Gasteiger partial charge on any atom is -0.481 e. The van der Waals surface area contributed by atoms with Gasteiger partial charge in [0.25, 0.3) is 11.5 Å². The molecule has 2 aromatic heterocycles. The Morgan fingerprint density at radius 3 is 2.33 bits per heavy atom. The number of aryl methyl sites for hydroxylation is 1. The van der Waals surface area contributed by atoms with E-state index in [9.17, 15) is 38.7 Å². The van der Waals surface area contributed by atoms with E-state index in [1.54, 1.807) is 60.7 Å². The number of aromatic nitrogens is 5. The summed E-state index contributed by atoms with van der Waals surface area (Å²) in [5.41, 5.74) is 13.6. The van der Waals surface area contributed by atoms with Crippen LogP contribution in [0.5, 0.6) is 0 Å². The molecule has 21 heteroatoms. The van der Waals surface area contributed by atoms with Gasteiger partial charge < -0.3 is 31.6 Å². The van der Waals surface area contributed by atoms with Gasteiger partial charge in [-0.25, -0.2) is 14.4 Å². The van der Waals surface area contributed by atoms with Crippen LogP contribution in [0.25, 0.3) is 11.3 Å². The molecule has 4 atom stereocenters. The predicted molar refractivity (Wildman–Crippen MR) is 211 cm³/mol. The summed E-state index contributed by atoms with van der Waals surface area (Å²) in [5, 5.41) is 30.1. The van der Waals surface area contributed by atoms with Crippen molar-refractivity contribution in [2.24, 2.45) is 11.5 Å². The lowest BCUT2D eigenvalue weighted by Gasteiger charge is -2.53. The normalized spacial score (nSPS) is 17.2. The Kier molecular flexibility index (Phi) is 12.5. The number of thioether (sulfide) groups is 2. The van der Waals surface area contributed by atoms with Gasteiger partial charge in [-0.2, -0.15) is 0 Å². The SMILES string of the molecule is CC(=O)N(C(=O)[C@@H](C)N)c1ccc(-c2ccc(CN(C(=O)C(N)c3ccccc3)C3C(=O)N4C(C(=O)O)=C(CSc5nnnn5CCC(=O)O)CS[C@@H]34)c(=O)[nH]2)cc1. The number of carbonyl (C=O) groups excluding carboxylic acids is 4. The lowest BCUT2D eigenvalue weighted by atomic mass is 9.98. The van der Waals surface area contributed by atoms with Crippen LogP contribution < -0.4 is 21.9 Å². The number of aromatic amines is 1. The number of rotatable bonds is 15. The topological polar surface area (TPSA) is 281 Å². The highest BCUT2D eigenvalue weighted by molar-refractivity contribution is 8.01. The second kappa shape index (κ2) is 17.5. The van der Waals surface area contributed by atoms with Crippen molar-refractivity contribution < 1.29 is 39.0 Å². The molecular weight excluding hydrogens is 793 g/mol. The van der Waals surface area contributed by atoms with Gasteiger partial charge in [0.1, 0.15) is 23.2 Å². The molecule has 2 aliphatic rings.